The van der Waals surface area contributed by atoms with Gasteiger partial charge in [0.15, 0.2) is 0 Å². The topological polar surface area (TPSA) is 93.9 Å². The van der Waals surface area contributed by atoms with Crippen LogP contribution in [0.2, 0.25) is 0 Å². The number of hydrogen-bond acceptors (Lipinski definition) is 6. The Bertz CT molecular complexity index is 1420. The lowest BCUT2D eigenvalue weighted by Crippen LogP contribution is -2.59. The molecule has 2 aromatic heterocycles. The second-order valence-corrected chi connectivity index (χ2v) is 10.9. The second-order valence-electron chi connectivity index (χ2n) is 10.9. The van der Waals surface area contributed by atoms with Crippen LogP contribution in [0.15, 0.2) is 41.3 Å². The van der Waals surface area contributed by atoms with Crippen LogP contribution in [0.5, 0.6) is 0 Å². The van der Waals surface area contributed by atoms with E-state index < -0.39 is 5.41 Å². The Morgan fingerprint density at radius 3 is 2.34 bits per heavy atom. The predicted octanol–water partition coefficient (Wildman–Crippen LogP) is 4.89. The van der Waals surface area contributed by atoms with Crippen LogP contribution in [0.1, 0.15) is 71.0 Å². The van der Waals surface area contributed by atoms with Crippen LogP contribution in [0.4, 0.5) is 5.69 Å². The van der Waals surface area contributed by atoms with Gasteiger partial charge in [0, 0.05) is 44.3 Å². The molecule has 0 bridgehead atoms. The van der Waals surface area contributed by atoms with Crippen molar-refractivity contribution in [2.75, 3.05) is 18.0 Å². The van der Waals surface area contributed by atoms with Crippen LogP contribution in [-0.4, -0.2) is 44.4 Å². The zero-order valence-electron chi connectivity index (χ0n) is 23.5. The van der Waals surface area contributed by atoms with Crippen molar-refractivity contribution in [1.82, 2.24) is 19.2 Å². The van der Waals surface area contributed by atoms with Crippen LogP contribution < -0.4 is 10.5 Å². The van der Waals surface area contributed by atoms with Gasteiger partial charge in [0.05, 0.1) is 35.0 Å². The van der Waals surface area contributed by atoms with E-state index in [1.807, 2.05) is 13.8 Å². The number of piperazine rings is 1. The normalized spacial score (nSPS) is 19.3. The molecule has 0 radical (unpaired) electrons. The first-order valence-corrected chi connectivity index (χ1v) is 13.7. The third-order valence-corrected chi connectivity index (χ3v) is 8.24. The molecule has 3 atom stereocenters. The van der Waals surface area contributed by atoms with E-state index in [2.05, 4.69) is 67.0 Å². The molecule has 1 aliphatic heterocycles. The molecule has 1 saturated heterocycles. The lowest BCUT2D eigenvalue weighted by molar-refractivity contribution is 0.0899. The number of benzene rings is 1. The highest BCUT2D eigenvalue weighted by molar-refractivity contribution is 5.88. The molecule has 1 aliphatic rings. The summed E-state index contributed by atoms with van der Waals surface area (Å²) in [6, 6.07) is 15.6. The van der Waals surface area contributed by atoms with Crippen LogP contribution in [-0.2, 0) is 19.0 Å². The SMILES string of the molecule is CCC(c1ccc(C(C)(C)C#N)cc1)N1C[C@H](CC)N(c2cc(=O)n(C)c3cn(CC#N)nc23)C[C@H]1CC. The summed E-state index contributed by atoms with van der Waals surface area (Å²) in [6.45, 7) is 12.4. The summed E-state index contributed by atoms with van der Waals surface area (Å²) in [4.78, 5) is 18.0. The highest BCUT2D eigenvalue weighted by atomic mass is 16.1. The van der Waals surface area contributed by atoms with Gasteiger partial charge in [-0.25, -0.2) is 0 Å². The molecular weight excluding hydrogens is 474 g/mol. The van der Waals surface area contributed by atoms with Crippen LogP contribution in [0.25, 0.3) is 11.0 Å². The molecule has 0 amide bonds. The Kier molecular flexibility index (Phi) is 7.94. The molecule has 3 aromatic rings. The van der Waals surface area contributed by atoms with E-state index in [1.165, 1.54) is 5.56 Å². The van der Waals surface area contributed by atoms with Gasteiger partial charge in [-0.1, -0.05) is 45.0 Å². The van der Waals surface area contributed by atoms with Gasteiger partial charge < -0.3 is 9.47 Å². The van der Waals surface area contributed by atoms with Crippen molar-refractivity contribution in [3.8, 4) is 12.1 Å². The minimum absolute atomic E-state index is 0.0684. The number of hydrogen-bond donors (Lipinski definition) is 0. The first-order valence-electron chi connectivity index (χ1n) is 13.7. The molecular formula is C30H39N7O. The average molecular weight is 514 g/mol. The minimum atomic E-state index is -0.510. The molecule has 3 heterocycles. The van der Waals surface area contributed by atoms with Crippen molar-refractivity contribution in [2.24, 2.45) is 7.05 Å². The molecule has 0 saturated carbocycles. The summed E-state index contributed by atoms with van der Waals surface area (Å²) in [5.41, 5.74) is 4.11. The van der Waals surface area contributed by atoms with Crippen LogP contribution >= 0.6 is 0 Å². The summed E-state index contributed by atoms with van der Waals surface area (Å²) < 4.78 is 3.23. The fourth-order valence-electron chi connectivity index (χ4n) is 5.82. The van der Waals surface area contributed by atoms with Gasteiger partial charge in [-0.05, 0) is 44.2 Å². The smallest absolute Gasteiger partial charge is 0.252 e. The maximum Gasteiger partial charge on any atom is 0.252 e. The Labute approximate surface area is 225 Å². The quantitative estimate of drug-likeness (QED) is 0.426. The van der Waals surface area contributed by atoms with E-state index >= 15 is 0 Å². The monoisotopic (exact) mass is 513 g/mol. The molecule has 1 fully saturated rings. The minimum Gasteiger partial charge on any atom is -0.364 e. The van der Waals surface area contributed by atoms with E-state index in [9.17, 15) is 15.3 Å². The Morgan fingerprint density at radius 1 is 1.08 bits per heavy atom. The Morgan fingerprint density at radius 2 is 1.76 bits per heavy atom. The summed E-state index contributed by atoms with van der Waals surface area (Å²) >= 11 is 0. The van der Waals surface area contributed by atoms with Gasteiger partial charge in [0.1, 0.15) is 12.1 Å². The summed E-state index contributed by atoms with van der Waals surface area (Å²) in [7, 11) is 1.76. The van der Waals surface area contributed by atoms with E-state index in [4.69, 9.17) is 5.10 Å². The number of aryl methyl sites for hydroxylation is 1. The third kappa shape index (κ3) is 4.93. The molecule has 4 rings (SSSR count). The van der Waals surface area contributed by atoms with Gasteiger partial charge in [-0.2, -0.15) is 15.6 Å². The number of nitriles is 2. The maximum atomic E-state index is 12.9. The van der Waals surface area contributed by atoms with E-state index in [1.54, 1.807) is 28.6 Å². The average Bonchev–Trinajstić information content (AvgIpc) is 3.35. The fraction of sp³-hybridized carbons (Fsp3) is 0.533. The van der Waals surface area contributed by atoms with E-state index in [0.717, 1.165) is 54.6 Å². The second kappa shape index (κ2) is 11.0. The summed E-state index contributed by atoms with van der Waals surface area (Å²) in [6.07, 6.45) is 4.71. The third-order valence-electron chi connectivity index (χ3n) is 8.24. The maximum absolute atomic E-state index is 12.9. The number of aromatic nitrogens is 3. The molecule has 0 aliphatic carbocycles. The van der Waals surface area contributed by atoms with Crippen molar-refractivity contribution < 1.29 is 0 Å². The lowest BCUT2D eigenvalue weighted by atomic mass is 9.85. The molecule has 38 heavy (non-hydrogen) atoms. The number of anilines is 1. The highest BCUT2D eigenvalue weighted by Gasteiger charge is 2.37. The van der Waals surface area contributed by atoms with Gasteiger partial charge in [0.2, 0.25) is 0 Å². The summed E-state index contributed by atoms with van der Waals surface area (Å²) in [5, 5.41) is 23.4. The largest absolute Gasteiger partial charge is 0.364 e. The molecule has 8 nitrogen and oxygen atoms in total. The number of nitrogens with zero attached hydrogens (tertiary/aromatic N) is 7. The molecule has 200 valence electrons. The van der Waals surface area contributed by atoms with Gasteiger partial charge in [-0.3, -0.25) is 14.4 Å². The first kappa shape index (κ1) is 27.4. The standard InChI is InChI=1S/C30H39N7O/c1-7-23-18-37(26-16-28(38)34(6)27-19-35(15-14-31)33-29(26)27)24(8-2)17-36(23)25(9-3)21-10-12-22(13-11-21)30(4,5)20-32/h10-13,16,19,23-25H,7-9,15,17-18H2,1-6H3/t23-,24+,25?/m1/s1. The Hall–Kier alpha value is -3.62. The lowest BCUT2D eigenvalue weighted by Gasteiger charge is -2.50. The number of fused-ring (bicyclic) bond motifs is 1. The van der Waals surface area contributed by atoms with Gasteiger partial charge >= 0.3 is 0 Å². The van der Waals surface area contributed by atoms with Crippen molar-refractivity contribution in [1.29, 1.82) is 10.5 Å². The summed E-state index contributed by atoms with van der Waals surface area (Å²) in [5.74, 6) is 0. The molecule has 1 unspecified atom stereocenters. The van der Waals surface area contributed by atoms with E-state index in [-0.39, 0.29) is 24.2 Å². The van der Waals surface area contributed by atoms with Crippen molar-refractivity contribution in [3.05, 3.63) is 58.0 Å². The van der Waals surface area contributed by atoms with Crippen LogP contribution in [0.3, 0.4) is 0 Å². The van der Waals surface area contributed by atoms with Crippen LogP contribution in [0, 0.1) is 22.7 Å². The van der Waals surface area contributed by atoms with Crippen molar-refractivity contribution in [2.45, 2.75) is 84.0 Å². The number of rotatable bonds is 8. The molecule has 0 N–H and O–H groups in total. The molecule has 0 spiro atoms. The highest BCUT2D eigenvalue weighted by Crippen LogP contribution is 2.36. The van der Waals surface area contributed by atoms with Gasteiger partial charge in [0.25, 0.3) is 5.56 Å². The zero-order valence-corrected chi connectivity index (χ0v) is 23.5. The molecule has 1 aromatic carbocycles. The molecule has 8 heteroatoms. The van der Waals surface area contributed by atoms with E-state index in [0.29, 0.717) is 6.04 Å². The Balaban J connectivity index is 1.70. The van der Waals surface area contributed by atoms with Crippen molar-refractivity contribution >= 4 is 16.7 Å². The predicted molar refractivity (Wildman–Crippen MR) is 151 cm³/mol. The van der Waals surface area contributed by atoms with Gasteiger partial charge in [-0.15, -0.1) is 0 Å². The first-order chi connectivity index (χ1) is 18.2. The zero-order chi connectivity index (χ0) is 27.6. The fourth-order valence-corrected chi connectivity index (χ4v) is 5.82. The number of pyridine rings is 1. The van der Waals surface area contributed by atoms with Crippen molar-refractivity contribution in [3.63, 3.8) is 0 Å².